The number of likely N-dealkylation sites (tertiary alicyclic amines) is 1. The maximum absolute atomic E-state index is 12.6. The number of carbonyl (C=O) groups is 1. The molecule has 1 amide bonds. The quantitative estimate of drug-likeness (QED) is 0.773. The molecule has 0 N–H and O–H groups in total. The van der Waals surface area contributed by atoms with Crippen molar-refractivity contribution in [2.75, 3.05) is 39.4 Å². The van der Waals surface area contributed by atoms with Crippen LogP contribution in [0, 0.1) is 5.92 Å². The molecule has 0 aliphatic carbocycles. The smallest absolute Gasteiger partial charge is 0.228 e. The molecule has 2 aliphatic rings. The van der Waals surface area contributed by atoms with Crippen LogP contribution in [0.3, 0.4) is 0 Å². The molecule has 1 aromatic heterocycles. The summed E-state index contributed by atoms with van der Waals surface area (Å²) in [5.41, 5.74) is 3.33. The first-order chi connectivity index (χ1) is 13.7. The number of hydrogen-bond acceptors (Lipinski definition) is 5. The number of hydrogen-bond donors (Lipinski definition) is 0. The van der Waals surface area contributed by atoms with Crippen LogP contribution in [-0.4, -0.2) is 60.1 Å². The van der Waals surface area contributed by atoms with Gasteiger partial charge in [0.05, 0.1) is 25.3 Å². The van der Waals surface area contributed by atoms with Gasteiger partial charge in [-0.1, -0.05) is 25.1 Å². The van der Waals surface area contributed by atoms with Crippen LogP contribution in [0.2, 0.25) is 0 Å². The van der Waals surface area contributed by atoms with Gasteiger partial charge in [0.1, 0.15) is 5.01 Å². The van der Waals surface area contributed by atoms with E-state index in [0.717, 1.165) is 68.6 Å². The summed E-state index contributed by atoms with van der Waals surface area (Å²) in [6, 6.07) is 8.62. The molecule has 150 valence electrons. The van der Waals surface area contributed by atoms with Gasteiger partial charge >= 0.3 is 0 Å². The average molecular weight is 400 g/mol. The van der Waals surface area contributed by atoms with E-state index in [1.165, 1.54) is 12.0 Å². The Labute approximate surface area is 171 Å². The number of rotatable bonds is 5. The Morgan fingerprint density at radius 2 is 2.14 bits per heavy atom. The second kappa shape index (κ2) is 9.16. The minimum atomic E-state index is 0.212. The van der Waals surface area contributed by atoms with Crippen molar-refractivity contribution in [2.45, 2.75) is 32.7 Å². The van der Waals surface area contributed by atoms with Crippen molar-refractivity contribution in [3.8, 4) is 10.6 Å². The molecule has 4 rings (SSSR count). The first-order valence-corrected chi connectivity index (χ1v) is 11.2. The molecular formula is C22H29N3O2S. The predicted octanol–water partition coefficient (Wildman–Crippen LogP) is 3.44. The SMILES string of the molecule is CC1CCCN(C(=O)Cc2csc(-c3cccc(CN4CCOCC4)c3)n2)C1. The van der Waals surface area contributed by atoms with Crippen LogP contribution in [0.15, 0.2) is 29.6 Å². The molecule has 2 aliphatic heterocycles. The minimum Gasteiger partial charge on any atom is -0.379 e. The van der Waals surface area contributed by atoms with E-state index in [1.807, 2.05) is 10.3 Å². The van der Waals surface area contributed by atoms with Crippen LogP contribution in [0.1, 0.15) is 31.0 Å². The fourth-order valence-corrected chi connectivity index (χ4v) is 4.84. The summed E-state index contributed by atoms with van der Waals surface area (Å²) in [7, 11) is 0. The largest absolute Gasteiger partial charge is 0.379 e. The van der Waals surface area contributed by atoms with E-state index in [-0.39, 0.29) is 5.91 Å². The van der Waals surface area contributed by atoms with Gasteiger partial charge in [0.25, 0.3) is 0 Å². The Morgan fingerprint density at radius 1 is 1.29 bits per heavy atom. The topological polar surface area (TPSA) is 45.7 Å². The van der Waals surface area contributed by atoms with E-state index < -0.39 is 0 Å². The van der Waals surface area contributed by atoms with Gasteiger partial charge in [-0.25, -0.2) is 4.98 Å². The zero-order valence-electron chi connectivity index (χ0n) is 16.6. The van der Waals surface area contributed by atoms with Crippen LogP contribution in [0.4, 0.5) is 0 Å². The summed E-state index contributed by atoms with van der Waals surface area (Å²) in [6.07, 6.45) is 2.76. The molecule has 2 aromatic rings. The number of thiazole rings is 1. The first-order valence-electron chi connectivity index (χ1n) is 10.3. The van der Waals surface area contributed by atoms with Gasteiger partial charge in [-0.2, -0.15) is 0 Å². The van der Waals surface area contributed by atoms with E-state index in [9.17, 15) is 4.79 Å². The van der Waals surface area contributed by atoms with Crippen molar-refractivity contribution in [3.05, 3.63) is 40.9 Å². The van der Waals surface area contributed by atoms with Crippen LogP contribution in [-0.2, 0) is 22.5 Å². The molecule has 2 saturated heterocycles. The van der Waals surface area contributed by atoms with Crippen molar-refractivity contribution < 1.29 is 9.53 Å². The first kappa shape index (κ1) is 19.6. The number of aromatic nitrogens is 1. The summed E-state index contributed by atoms with van der Waals surface area (Å²) < 4.78 is 5.43. The standard InChI is InChI=1S/C22H29N3O2S/c1-17-4-3-7-25(14-17)21(26)13-20-16-28-22(23-20)19-6-2-5-18(12-19)15-24-8-10-27-11-9-24/h2,5-6,12,16-17H,3-4,7-11,13-15H2,1H3. The van der Waals surface area contributed by atoms with E-state index in [2.05, 4.69) is 36.1 Å². The minimum absolute atomic E-state index is 0.212. The second-order valence-corrected chi connectivity index (χ2v) is 8.85. The van der Waals surface area contributed by atoms with E-state index in [1.54, 1.807) is 11.3 Å². The Kier molecular flexibility index (Phi) is 6.40. The van der Waals surface area contributed by atoms with E-state index in [0.29, 0.717) is 12.3 Å². The van der Waals surface area contributed by atoms with Gasteiger partial charge in [0.2, 0.25) is 5.91 Å². The number of piperidine rings is 1. The Balaban J connectivity index is 1.39. The van der Waals surface area contributed by atoms with Crippen LogP contribution in [0.25, 0.3) is 10.6 Å². The normalized spacial score (nSPS) is 21.0. The summed E-state index contributed by atoms with van der Waals surface area (Å²) in [5.74, 6) is 0.822. The highest BCUT2D eigenvalue weighted by molar-refractivity contribution is 7.13. The molecule has 1 aromatic carbocycles. The molecule has 0 radical (unpaired) electrons. The van der Waals surface area contributed by atoms with Crippen molar-refractivity contribution >= 4 is 17.2 Å². The van der Waals surface area contributed by atoms with Gasteiger partial charge in [0, 0.05) is 43.7 Å². The van der Waals surface area contributed by atoms with Gasteiger partial charge in [-0.15, -0.1) is 11.3 Å². The lowest BCUT2D eigenvalue weighted by atomic mass is 10.00. The summed E-state index contributed by atoms with van der Waals surface area (Å²) in [6.45, 7) is 8.57. The Bertz CT molecular complexity index is 801. The molecule has 2 fully saturated rings. The Morgan fingerprint density at radius 3 is 2.96 bits per heavy atom. The molecule has 5 nitrogen and oxygen atoms in total. The van der Waals surface area contributed by atoms with Crippen LogP contribution in [0.5, 0.6) is 0 Å². The lowest BCUT2D eigenvalue weighted by Crippen LogP contribution is -2.39. The third kappa shape index (κ3) is 4.99. The molecule has 0 bridgehead atoms. The highest BCUT2D eigenvalue weighted by Crippen LogP contribution is 2.26. The van der Waals surface area contributed by atoms with Crippen molar-refractivity contribution in [1.29, 1.82) is 0 Å². The van der Waals surface area contributed by atoms with E-state index >= 15 is 0 Å². The zero-order valence-corrected chi connectivity index (χ0v) is 17.4. The Hall–Kier alpha value is -1.76. The number of amides is 1. The van der Waals surface area contributed by atoms with Crippen molar-refractivity contribution in [3.63, 3.8) is 0 Å². The van der Waals surface area contributed by atoms with Gasteiger partial charge in [-0.05, 0) is 30.4 Å². The fraction of sp³-hybridized carbons (Fsp3) is 0.545. The molecule has 6 heteroatoms. The lowest BCUT2D eigenvalue weighted by Gasteiger charge is -2.30. The zero-order chi connectivity index (χ0) is 19.3. The maximum Gasteiger partial charge on any atom is 0.228 e. The number of morpholine rings is 1. The highest BCUT2D eigenvalue weighted by Gasteiger charge is 2.21. The molecule has 0 saturated carbocycles. The van der Waals surface area contributed by atoms with Crippen LogP contribution < -0.4 is 0 Å². The summed E-state index contributed by atoms with van der Waals surface area (Å²) in [5, 5.41) is 3.04. The number of nitrogens with zero attached hydrogens (tertiary/aromatic N) is 3. The molecule has 1 unspecified atom stereocenters. The molecule has 28 heavy (non-hydrogen) atoms. The maximum atomic E-state index is 12.6. The van der Waals surface area contributed by atoms with E-state index in [4.69, 9.17) is 9.72 Å². The number of benzene rings is 1. The molecule has 0 spiro atoms. The molecule has 1 atom stereocenters. The van der Waals surface area contributed by atoms with Crippen molar-refractivity contribution in [2.24, 2.45) is 5.92 Å². The number of carbonyl (C=O) groups excluding carboxylic acids is 1. The summed E-state index contributed by atoms with van der Waals surface area (Å²) >= 11 is 1.63. The number of ether oxygens (including phenoxy) is 1. The monoisotopic (exact) mass is 399 g/mol. The van der Waals surface area contributed by atoms with Crippen LogP contribution >= 0.6 is 11.3 Å². The van der Waals surface area contributed by atoms with Gasteiger partial charge < -0.3 is 9.64 Å². The summed E-state index contributed by atoms with van der Waals surface area (Å²) in [4.78, 5) is 21.8. The molecule has 3 heterocycles. The van der Waals surface area contributed by atoms with Gasteiger partial charge in [-0.3, -0.25) is 9.69 Å². The molecular weight excluding hydrogens is 370 g/mol. The third-order valence-corrected chi connectivity index (χ3v) is 6.52. The van der Waals surface area contributed by atoms with Crippen molar-refractivity contribution in [1.82, 2.24) is 14.8 Å². The second-order valence-electron chi connectivity index (χ2n) is 8.00. The fourth-order valence-electron chi connectivity index (χ4n) is 4.02. The predicted molar refractivity (Wildman–Crippen MR) is 112 cm³/mol. The highest BCUT2D eigenvalue weighted by atomic mass is 32.1. The lowest BCUT2D eigenvalue weighted by molar-refractivity contribution is -0.132. The van der Waals surface area contributed by atoms with Gasteiger partial charge in [0.15, 0.2) is 0 Å². The third-order valence-electron chi connectivity index (χ3n) is 5.58. The average Bonchev–Trinajstić information content (AvgIpc) is 3.17.